The lowest BCUT2D eigenvalue weighted by molar-refractivity contribution is 0.181. The third-order valence-corrected chi connectivity index (χ3v) is 6.82. The van der Waals surface area contributed by atoms with Crippen molar-refractivity contribution in [3.8, 4) is 0 Å². The van der Waals surface area contributed by atoms with E-state index in [0.717, 1.165) is 18.4 Å². The van der Waals surface area contributed by atoms with Gasteiger partial charge in [-0.3, -0.25) is 4.99 Å². The monoisotopic (exact) mass is 542 g/mol. The highest BCUT2D eigenvalue weighted by Crippen LogP contribution is 2.15. The molecule has 1 saturated heterocycles. The zero-order valence-corrected chi connectivity index (χ0v) is 20.4. The van der Waals surface area contributed by atoms with E-state index in [9.17, 15) is 12.8 Å². The van der Waals surface area contributed by atoms with Gasteiger partial charge in [0.1, 0.15) is 5.82 Å². The predicted molar refractivity (Wildman–Crippen MR) is 125 cm³/mol. The molecule has 1 aliphatic rings. The molecule has 1 aromatic rings. The molecule has 0 radical (unpaired) electrons. The number of benzene rings is 1. The Morgan fingerprint density at radius 1 is 1.34 bits per heavy atom. The quantitative estimate of drug-likeness (QED) is 0.300. The topological polar surface area (TPSA) is 83.0 Å². The van der Waals surface area contributed by atoms with E-state index in [4.69, 9.17) is 4.74 Å². The molecule has 1 aliphatic heterocycles. The lowest BCUT2D eigenvalue weighted by Gasteiger charge is -2.32. The van der Waals surface area contributed by atoms with Gasteiger partial charge in [-0.1, -0.05) is 13.0 Å². The molecule has 10 heteroatoms. The maximum atomic E-state index is 13.7. The van der Waals surface area contributed by atoms with Gasteiger partial charge >= 0.3 is 0 Å². The largest absolute Gasteiger partial charge is 0.380 e. The summed E-state index contributed by atoms with van der Waals surface area (Å²) in [4.78, 5) is 4.23. The van der Waals surface area contributed by atoms with E-state index in [1.54, 1.807) is 23.5 Å². The van der Waals surface area contributed by atoms with Crippen molar-refractivity contribution in [3.05, 3.63) is 35.1 Å². The summed E-state index contributed by atoms with van der Waals surface area (Å²) in [5, 5.41) is 6.58. The van der Waals surface area contributed by atoms with Crippen molar-refractivity contribution in [2.24, 2.45) is 4.99 Å². The van der Waals surface area contributed by atoms with Gasteiger partial charge in [0.2, 0.25) is 10.0 Å². The Labute approximate surface area is 190 Å². The Morgan fingerprint density at radius 3 is 2.62 bits per heavy atom. The van der Waals surface area contributed by atoms with E-state index in [1.807, 2.05) is 6.92 Å². The highest BCUT2D eigenvalue weighted by Gasteiger charge is 2.27. The standard InChI is InChI=1S/C19H31FN4O3S.HI/c1-4-11-28(25,26)24-9-7-17(8-10-24)23-19(21-2)22-13-15-5-6-18(20)16(12-15)14-27-3;/h5-6,12,17H,4,7-11,13-14H2,1-3H3,(H2,21,22,23);1H. The van der Waals surface area contributed by atoms with Crippen LogP contribution < -0.4 is 10.6 Å². The third-order valence-electron chi connectivity index (χ3n) is 4.74. The van der Waals surface area contributed by atoms with Gasteiger partial charge in [0.25, 0.3) is 0 Å². The Morgan fingerprint density at radius 2 is 2.03 bits per heavy atom. The molecule has 1 aromatic carbocycles. The molecule has 0 atom stereocenters. The number of nitrogens with zero attached hydrogens (tertiary/aromatic N) is 2. The first-order chi connectivity index (χ1) is 13.4. The van der Waals surface area contributed by atoms with Gasteiger partial charge in [-0.2, -0.15) is 0 Å². The van der Waals surface area contributed by atoms with Gasteiger partial charge in [0, 0.05) is 45.4 Å². The second-order valence-electron chi connectivity index (χ2n) is 6.92. The number of hydrogen-bond donors (Lipinski definition) is 2. The smallest absolute Gasteiger partial charge is 0.214 e. The van der Waals surface area contributed by atoms with Crippen LogP contribution in [0.3, 0.4) is 0 Å². The van der Waals surface area contributed by atoms with E-state index < -0.39 is 10.0 Å². The van der Waals surface area contributed by atoms with Crippen LogP contribution in [-0.2, 0) is 27.9 Å². The minimum atomic E-state index is -3.13. The fraction of sp³-hybridized carbons (Fsp3) is 0.632. The van der Waals surface area contributed by atoms with Crippen LogP contribution in [0.4, 0.5) is 4.39 Å². The van der Waals surface area contributed by atoms with E-state index in [2.05, 4.69) is 15.6 Å². The average molecular weight is 542 g/mol. The van der Waals surface area contributed by atoms with Crippen LogP contribution in [0.25, 0.3) is 0 Å². The summed E-state index contributed by atoms with van der Waals surface area (Å²) in [7, 11) is 0.0976. The Kier molecular flexibility index (Phi) is 11.4. The first-order valence-electron chi connectivity index (χ1n) is 9.60. The fourth-order valence-electron chi connectivity index (χ4n) is 3.24. The summed E-state index contributed by atoms with van der Waals surface area (Å²) >= 11 is 0. The van der Waals surface area contributed by atoms with Crippen molar-refractivity contribution in [3.63, 3.8) is 0 Å². The van der Waals surface area contributed by atoms with Gasteiger partial charge in [-0.05, 0) is 37.0 Å². The minimum Gasteiger partial charge on any atom is -0.380 e. The van der Waals surface area contributed by atoms with Crippen LogP contribution in [0.2, 0.25) is 0 Å². The number of rotatable bonds is 8. The second-order valence-corrected chi connectivity index (χ2v) is 9.01. The van der Waals surface area contributed by atoms with E-state index in [-0.39, 0.29) is 48.2 Å². The van der Waals surface area contributed by atoms with Crippen LogP contribution in [0, 0.1) is 5.82 Å². The molecule has 0 saturated carbocycles. The lowest BCUT2D eigenvalue weighted by Crippen LogP contribution is -2.49. The van der Waals surface area contributed by atoms with Gasteiger partial charge in [-0.15, -0.1) is 24.0 Å². The number of methoxy groups -OCH3 is 1. The molecular formula is C19H32FIN4O3S. The molecule has 2 N–H and O–H groups in total. The molecule has 0 amide bonds. The van der Waals surface area contributed by atoms with Crippen LogP contribution in [-0.4, -0.2) is 57.7 Å². The molecule has 0 unspecified atom stereocenters. The Bertz CT molecular complexity index is 769. The molecule has 0 bridgehead atoms. The summed E-state index contributed by atoms with van der Waals surface area (Å²) in [6.45, 7) is 3.65. The van der Waals surface area contributed by atoms with Crippen molar-refractivity contribution < 1.29 is 17.5 Å². The van der Waals surface area contributed by atoms with Gasteiger partial charge in [-0.25, -0.2) is 17.1 Å². The zero-order valence-electron chi connectivity index (χ0n) is 17.3. The number of nitrogens with one attached hydrogen (secondary N) is 2. The van der Waals surface area contributed by atoms with Crippen LogP contribution in [0.5, 0.6) is 0 Å². The Balaban J connectivity index is 0.00000420. The second kappa shape index (κ2) is 12.7. The molecule has 2 rings (SSSR count). The Hall–Kier alpha value is -0.980. The third kappa shape index (κ3) is 7.99. The highest BCUT2D eigenvalue weighted by atomic mass is 127. The van der Waals surface area contributed by atoms with Crippen molar-refractivity contribution in [1.29, 1.82) is 0 Å². The molecule has 0 aliphatic carbocycles. The predicted octanol–water partition coefficient (Wildman–Crippen LogP) is 2.46. The van der Waals surface area contributed by atoms with Crippen molar-refractivity contribution in [2.45, 2.75) is 45.4 Å². The fourth-order valence-corrected chi connectivity index (χ4v) is 4.78. The van der Waals surface area contributed by atoms with E-state index in [0.29, 0.717) is 37.6 Å². The molecule has 1 heterocycles. The summed E-state index contributed by atoms with van der Waals surface area (Å²) in [5.74, 6) is 0.571. The van der Waals surface area contributed by atoms with Crippen molar-refractivity contribution >= 4 is 40.0 Å². The molecule has 7 nitrogen and oxygen atoms in total. The van der Waals surface area contributed by atoms with Gasteiger partial charge < -0.3 is 15.4 Å². The SMILES string of the molecule is CCCS(=O)(=O)N1CCC(NC(=NC)NCc2ccc(F)c(COC)c2)CC1.I. The molecular weight excluding hydrogens is 510 g/mol. The van der Waals surface area contributed by atoms with Crippen LogP contribution in [0.15, 0.2) is 23.2 Å². The highest BCUT2D eigenvalue weighted by molar-refractivity contribution is 14.0. The van der Waals surface area contributed by atoms with Crippen LogP contribution >= 0.6 is 24.0 Å². The number of piperidine rings is 1. The maximum Gasteiger partial charge on any atom is 0.214 e. The first-order valence-corrected chi connectivity index (χ1v) is 11.2. The summed E-state index contributed by atoms with van der Waals surface area (Å²) in [6, 6.07) is 5.10. The van der Waals surface area contributed by atoms with Crippen LogP contribution in [0.1, 0.15) is 37.3 Å². The summed E-state index contributed by atoms with van der Waals surface area (Å²) < 4.78 is 44.6. The van der Waals surface area contributed by atoms with Gasteiger partial charge in [0.05, 0.1) is 12.4 Å². The van der Waals surface area contributed by atoms with E-state index >= 15 is 0 Å². The first kappa shape index (κ1) is 26.1. The van der Waals surface area contributed by atoms with E-state index in [1.165, 1.54) is 13.2 Å². The number of ether oxygens (including phenoxy) is 1. The zero-order chi connectivity index (χ0) is 20.6. The maximum absolute atomic E-state index is 13.7. The summed E-state index contributed by atoms with van der Waals surface area (Å²) in [5.41, 5.74) is 1.45. The average Bonchev–Trinajstić information content (AvgIpc) is 2.68. The van der Waals surface area contributed by atoms with Crippen molar-refractivity contribution in [2.75, 3.05) is 33.0 Å². The number of guanidine groups is 1. The number of hydrogen-bond acceptors (Lipinski definition) is 4. The molecule has 1 fully saturated rings. The minimum absolute atomic E-state index is 0. The molecule has 29 heavy (non-hydrogen) atoms. The number of aliphatic imine (C=N–C) groups is 1. The lowest BCUT2D eigenvalue weighted by atomic mass is 10.1. The molecule has 166 valence electrons. The summed E-state index contributed by atoms with van der Waals surface area (Å²) in [6.07, 6.45) is 2.10. The number of halogens is 2. The normalized spacial score (nSPS) is 16.3. The molecule has 0 spiro atoms. The van der Waals surface area contributed by atoms with Crippen molar-refractivity contribution in [1.82, 2.24) is 14.9 Å². The van der Waals surface area contributed by atoms with Gasteiger partial charge in [0.15, 0.2) is 5.96 Å². The number of sulfonamides is 1. The molecule has 0 aromatic heterocycles.